The highest BCUT2D eigenvalue weighted by Gasteiger charge is 2.16. The number of ether oxygens (including phenoxy) is 1. The number of nitrogens with zero attached hydrogens (tertiary/aromatic N) is 2. The molecule has 1 atom stereocenters. The first kappa shape index (κ1) is 19.8. The van der Waals surface area contributed by atoms with Crippen LogP contribution < -0.4 is 10.6 Å². The van der Waals surface area contributed by atoms with E-state index in [1.165, 1.54) is 23.1 Å². The lowest BCUT2D eigenvalue weighted by atomic mass is 10.1. The van der Waals surface area contributed by atoms with E-state index in [4.69, 9.17) is 4.74 Å². The van der Waals surface area contributed by atoms with Gasteiger partial charge in [-0.15, -0.1) is 10.2 Å². The number of carbonyl (C=O) groups excluding carboxylic acids is 2. The van der Waals surface area contributed by atoms with Gasteiger partial charge in [-0.1, -0.05) is 53.4 Å². The van der Waals surface area contributed by atoms with E-state index < -0.39 is 0 Å². The topological polar surface area (TPSA) is 93.2 Å². The van der Waals surface area contributed by atoms with Crippen molar-refractivity contribution in [1.29, 1.82) is 0 Å². The highest BCUT2D eigenvalue weighted by Crippen LogP contribution is 2.25. The maximum absolute atomic E-state index is 12.0. The average Bonchev–Trinajstić information content (AvgIpc) is 3.36. The van der Waals surface area contributed by atoms with Gasteiger partial charge in [0.2, 0.25) is 16.9 Å². The second-order valence-corrected chi connectivity index (χ2v) is 8.33. The zero-order chi connectivity index (χ0) is 18.9. The summed E-state index contributed by atoms with van der Waals surface area (Å²) in [5.41, 5.74) is 1.12. The molecule has 2 aromatic rings. The quantitative estimate of drug-likeness (QED) is 0.491. The number of aryl methyl sites for hydroxylation is 1. The summed E-state index contributed by atoms with van der Waals surface area (Å²) < 4.78 is 6.13. The number of thioether (sulfide) groups is 1. The van der Waals surface area contributed by atoms with E-state index >= 15 is 0 Å². The molecule has 1 aromatic carbocycles. The van der Waals surface area contributed by atoms with E-state index in [1.54, 1.807) is 0 Å². The molecule has 1 aliphatic heterocycles. The Hall–Kier alpha value is -1.97. The first-order valence-electron chi connectivity index (χ1n) is 8.87. The molecular formula is C18H22N4O3S2. The number of rotatable bonds is 9. The van der Waals surface area contributed by atoms with Crippen LogP contribution in [0.15, 0.2) is 34.7 Å². The molecule has 0 saturated carbocycles. The molecule has 0 unspecified atom stereocenters. The fraction of sp³-hybridized carbons (Fsp3) is 0.444. The minimum atomic E-state index is -0.0964. The van der Waals surface area contributed by atoms with Crippen molar-refractivity contribution in [3.05, 3.63) is 35.9 Å². The first-order valence-corrected chi connectivity index (χ1v) is 10.7. The predicted octanol–water partition coefficient (Wildman–Crippen LogP) is 2.50. The van der Waals surface area contributed by atoms with Crippen molar-refractivity contribution in [2.75, 3.05) is 24.2 Å². The maximum Gasteiger partial charge on any atom is 0.230 e. The lowest BCUT2D eigenvalue weighted by Crippen LogP contribution is -2.32. The lowest BCUT2D eigenvalue weighted by molar-refractivity contribution is -0.119. The molecule has 9 heteroatoms. The molecule has 7 nitrogen and oxygen atoms in total. The highest BCUT2D eigenvalue weighted by atomic mass is 32.2. The number of nitrogens with one attached hydrogen (secondary N) is 2. The van der Waals surface area contributed by atoms with E-state index in [0.717, 1.165) is 25.0 Å². The van der Waals surface area contributed by atoms with Crippen molar-refractivity contribution >= 4 is 40.0 Å². The van der Waals surface area contributed by atoms with Gasteiger partial charge in [0.15, 0.2) is 4.34 Å². The zero-order valence-electron chi connectivity index (χ0n) is 14.8. The fourth-order valence-electron chi connectivity index (χ4n) is 2.61. The third-order valence-corrected chi connectivity index (χ3v) is 5.99. The Balaban J connectivity index is 1.35. The standard InChI is InChI=1S/C18H22N4O3S2/c23-15(9-8-13-5-2-1-3-6-13)20-17-21-22-18(27-17)26-12-16(24)19-11-14-7-4-10-25-14/h1-3,5-6,14H,4,7-12H2,(H,19,24)(H,20,21,23)/t14-/m1/s1. The third kappa shape index (κ3) is 6.93. The van der Waals surface area contributed by atoms with E-state index in [-0.39, 0.29) is 23.7 Å². The number of amides is 2. The van der Waals surface area contributed by atoms with Gasteiger partial charge in [-0.2, -0.15) is 0 Å². The van der Waals surface area contributed by atoms with Crippen molar-refractivity contribution < 1.29 is 14.3 Å². The van der Waals surface area contributed by atoms with Gasteiger partial charge < -0.3 is 15.4 Å². The SMILES string of the molecule is O=C(CSc1nnc(NC(=O)CCc2ccccc2)s1)NC[C@H]1CCCO1. The predicted molar refractivity (Wildman–Crippen MR) is 106 cm³/mol. The van der Waals surface area contributed by atoms with Crippen LogP contribution in [0, 0.1) is 0 Å². The van der Waals surface area contributed by atoms with E-state index in [1.807, 2.05) is 30.3 Å². The van der Waals surface area contributed by atoms with Crippen molar-refractivity contribution in [3.63, 3.8) is 0 Å². The molecule has 2 N–H and O–H groups in total. The molecule has 0 radical (unpaired) electrons. The van der Waals surface area contributed by atoms with Gasteiger partial charge in [0.25, 0.3) is 0 Å². The molecule has 27 heavy (non-hydrogen) atoms. The van der Waals surface area contributed by atoms with Crippen LogP contribution in [0.4, 0.5) is 5.13 Å². The Morgan fingerprint density at radius 3 is 2.85 bits per heavy atom. The Labute approximate surface area is 166 Å². The Morgan fingerprint density at radius 1 is 1.22 bits per heavy atom. The molecule has 1 aliphatic rings. The number of hydrogen-bond acceptors (Lipinski definition) is 7. The maximum atomic E-state index is 12.0. The van der Waals surface area contributed by atoms with Gasteiger partial charge in [-0.3, -0.25) is 9.59 Å². The van der Waals surface area contributed by atoms with Gasteiger partial charge >= 0.3 is 0 Å². The lowest BCUT2D eigenvalue weighted by Gasteiger charge is -2.09. The second kappa shape index (κ2) is 10.4. The summed E-state index contributed by atoms with van der Waals surface area (Å²) in [5, 5.41) is 14.1. The molecule has 3 rings (SSSR count). The Bertz CT molecular complexity index is 748. The van der Waals surface area contributed by atoms with Crippen LogP contribution in [0.1, 0.15) is 24.8 Å². The van der Waals surface area contributed by atoms with Crippen LogP contribution >= 0.6 is 23.1 Å². The van der Waals surface area contributed by atoms with Crippen molar-refractivity contribution in [2.45, 2.75) is 36.1 Å². The van der Waals surface area contributed by atoms with Crippen LogP contribution in [0.25, 0.3) is 0 Å². The number of carbonyl (C=O) groups is 2. The minimum absolute atomic E-state index is 0.0563. The monoisotopic (exact) mass is 406 g/mol. The van der Waals surface area contributed by atoms with Gasteiger partial charge in [0.05, 0.1) is 11.9 Å². The number of anilines is 1. The van der Waals surface area contributed by atoms with Crippen LogP contribution in [0.2, 0.25) is 0 Å². The Morgan fingerprint density at radius 2 is 2.07 bits per heavy atom. The van der Waals surface area contributed by atoms with Crippen molar-refractivity contribution in [2.24, 2.45) is 0 Å². The molecular weight excluding hydrogens is 384 g/mol. The highest BCUT2D eigenvalue weighted by molar-refractivity contribution is 8.01. The number of aromatic nitrogens is 2. The fourth-order valence-corrected chi connectivity index (χ4v) is 4.21. The molecule has 0 aliphatic carbocycles. The minimum Gasteiger partial charge on any atom is -0.376 e. The van der Waals surface area contributed by atoms with E-state index in [0.29, 0.717) is 28.9 Å². The molecule has 1 saturated heterocycles. The van der Waals surface area contributed by atoms with Gasteiger partial charge in [0.1, 0.15) is 0 Å². The normalized spacial score (nSPS) is 16.2. The second-order valence-electron chi connectivity index (χ2n) is 6.13. The zero-order valence-corrected chi connectivity index (χ0v) is 16.5. The molecule has 0 spiro atoms. The summed E-state index contributed by atoms with van der Waals surface area (Å²) in [6.07, 6.45) is 3.26. The smallest absolute Gasteiger partial charge is 0.230 e. The molecule has 2 heterocycles. The Kier molecular flexibility index (Phi) is 7.61. The van der Waals surface area contributed by atoms with Gasteiger partial charge in [-0.25, -0.2) is 0 Å². The summed E-state index contributed by atoms with van der Waals surface area (Å²) in [6, 6.07) is 9.86. The number of hydrogen-bond donors (Lipinski definition) is 2. The summed E-state index contributed by atoms with van der Waals surface area (Å²) in [4.78, 5) is 23.9. The summed E-state index contributed by atoms with van der Waals surface area (Å²) >= 11 is 2.58. The molecule has 1 fully saturated rings. The van der Waals surface area contributed by atoms with E-state index in [9.17, 15) is 9.59 Å². The summed E-state index contributed by atoms with van der Waals surface area (Å²) in [7, 11) is 0. The molecule has 1 aromatic heterocycles. The van der Waals surface area contributed by atoms with Gasteiger partial charge in [0, 0.05) is 19.6 Å². The third-order valence-electron chi connectivity index (χ3n) is 4.01. The number of benzene rings is 1. The van der Waals surface area contributed by atoms with Crippen LogP contribution in [-0.4, -0.2) is 47.0 Å². The summed E-state index contributed by atoms with van der Waals surface area (Å²) in [5.74, 6) is 0.114. The van der Waals surface area contributed by atoms with Crippen LogP contribution in [-0.2, 0) is 20.7 Å². The van der Waals surface area contributed by atoms with Crippen LogP contribution in [0.5, 0.6) is 0 Å². The average molecular weight is 407 g/mol. The molecule has 0 bridgehead atoms. The summed E-state index contributed by atoms with van der Waals surface area (Å²) in [6.45, 7) is 1.33. The molecule has 144 valence electrons. The van der Waals surface area contributed by atoms with Crippen molar-refractivity contribution in [1.82, 2.24) is 15.5 Å². The van der Waals surface area contributed by atoms with E-state index in [2.05, 4.69) is 20.8 Å². The largest absolute Gasteiger partial charge is 0.376 e. The van der Waals surface area contributed by atoms with Crippen LogP contribution in [0.3, 0.4) is 0 Å². The van der Waals surface area contributed by atoms with Crippen molar-refractivity contribution in [3.8, 4) is 0 Å². The van der Waals surface area contributed by atoms with Gasteiger partial charge in [-0.05, 0) is 24.8 Å². The molecule has 2 amide bonds. The first-order chi connectivity index (χ1) is 13.2.